The van der Waals surface area contributed by atoms with Crippen LogP contribution in [0.1, 0.15) is 43.4 Å². The van der Waals surface area contributed by atoms with Gasteiger partial charge in [-0.2, -0.15) is 18.4 Å². The Kier molecular flexibility index (Phi) is 4.48. The van der Waals surface area contributed by atoms with Gasteiger partial charge in [0, 0.05) is 6.54 Å². The molecule has 20 heavy (non-hydrogen) atoms. The number of hydrogen-bond donors (Lipinski definition) is 1. The van der Waals surface area contributed by atoms with E-state index in [1.165, 1.54) is 12.5 Å². The first-order valence-electron chi connectivity index (χ1n) is 6.73. The second kappa shape index (κ2) is 6.12. The summed E-state index contributed by atoms with van der Waals surface area (Å²) in [7, 11) is 0. The maximum atomic E-state index is 12.6. The number of nitrogens with zero attached hydrogens (tertiary/aromatic N) is 2. The monoisotopic (exact) mass is 283 g/mol. The molecule has 3 nitrogen and oxygen atoms in total. The first-order chi connectivity index (χ1) is 9.50. The van der Waals surface area contributed by atoms with Gasteiger partial charge in [0.05, 0.1) is 5.56 Å². The third-order valence-corrected chi connectivity index (χ3v) is 3.59. The van der Waals surface area contributed by atoms with Gasteiger partial charge in [0.2, 0.25) is 0 Å². The Morgan fingerprint density at radius 2 is 1.95 bits per heavy atom. The number of rotatable bonds is 3. The molecule has 1 N–H and O–H groups in total. The summed E-state index contributed by atoms with van der Waals surface area (Å²) in [6.45, 7) is 0.572. The minimum Gasteiger partial charge on any atom is -0.369 e. The summed E-state index contributed by atoms with van der Waals surface area (Å²) in [6.07, 6.45) is 1.21. The van der Waals surface area contributed by atoms with Crippen LogP contribution in [0, 0.1) is 17.2 Å². The van der Waals surface area contributed by atoms with Crippen LogP contribution in [0.25, 0.3) is 0 Å². The van der Waals surface area contributed by atoms with Gasteiger partial charge in [-0.05, 0) is 30.9 Å². The van der Waals surface area contributed by atoms with E-state index in [9.17, 15) is 13.2 Å². The summed E-state index contributed by atoms with van der Waals surface area (Å²) in [5.74, 6) is 0.486. The van der Waals surface area contributed by atoms with Gasteiger partial charge in [0.25, 0.3) is 0 Å². The fourth-order valence-electron chi connectivity index (χ4n) is 2.47. The van der Waals surface area contributed by atoms with Crippen molar-refractivity contribution in [3.05, 3.63) is 23.4 Å². The van der Waals surface area contributed by atoms with Gasteiger partial charge in [-0.15, -0.1) is 0 Å². The van der Waals surface area contributed by atoms with Gasteiger partial charge in [-0.1, -0.05) is 19.3 Å². The van der Waals surface area contributed by atoms with Crippen LogP contribution >= 0.6 is 0 Å². The Bertz CT molecular complexity index is 499. The van der Waals surface area contributed by atoms with Gasteiger partial charge in [0.1, 0.15) is 17.6 Å². The van der Waals surface area contributed by atoms with Crippen LogP contribution in [0.5, 0.6) is 0 Å². The lowest BCUT2D eigenvalue weighted by molar-refractivity contribution is -0.141. The zero-order chi connectivity index (χ0) is 14.6. The zero-order valence-corrected chi connectivity index (χ0v) is 11.0. The van der Waals surface area contributed by atoms with Gasteiger partial charge in [0.15, 0.2) is 0 Å². The Morgan fingerprint density at radius 1 is 1.25 bits per heavy atom. The average molecular weight is 283 g/mol. The number of halogens is 3. The van der Waals surface area contributed by atoms with Crippen molar-refractivity contribution in [3.8, 4) is 6.07 Å². The van der Waals surface area contributed by atoms with E-state index < -0.39 is 11.9 Å². The molecule has 0 atom stereocenters. The summed E-state index contributed by atoms with van der Waals surface area (Å²) in [5.41, 5.74) is -0.823. The number of pyridine rings is 1. The van der Waals surface area contributed by atoms with E-state index in [1.54, 1.807) is 0 Å². The molecule has 108 valence electrons. The van der Waals surface area contributed by atoms with E-state index in [0.717, 1.165) is 31.7 Å². The molecule has 0 unspecified atom stereocenters. The van der Waals surface area contributed by atoms with Crippen LogP contribution < -0.4 is 5.32 Å². The average Bonchev–Trinajstić information content (AvgIpc) is 2.45. The van der Waals surface area contributed by atoms with Gasteiger partial charge in [-0.3, -0.25) is 0 Å². The van der Waals surface area contributed by atoms with E-state index in [0.29, 0.717) is 12.5 Å². The fourth-order valence-corrected chi connectivity index (χ4v) is 2.47. The Hall–Kier alpha value is -1.77. The third kappa shape index (κ3) is 3.62. The van der Waals surface area contributed by atoms with E-state index >= 15 is 0 Å². The largest absolute Gasteiger partial charge is 0.433 e. The molecule has 1 aliphatic carbocycles. The van der Waals surface area contributed by atoms with Crippen LogP contribution in [0.2, 0.25) is 0 Å². The van der Waals surface area contributed by atoms with Crippen LogP contribution in [0.3, 0.4) is 0 Å². The molecule has 0 aliphatic heterocycles. The summed E-state index contributed by atoms with van der Waals surface area (Å²) in [4.78, 5) is 3.54. The molecule has 0 amide bonds. The maximum Gasteiger partial charge on any atom is 0.433 e. The molecule has 0 spiro atoms. The van der Waals surface area contributed by atoms with Crippen molar-refractivity contribution in [2.45, 2.75) is 38.3 Å². The second-order valence-corrected chi connectivity index (χ2v) is 5.09. The maximum absolute atomic E-state index is 12.6. The number of anilines is 1. The Morgan fingerprint density at radius 3 is 2.55 bits per heavy atom. The number of alkyl halides is 3. The zero-order valence-electron chi connectivity index (χ0n) is 11.0. The molecule has 1 aliphatic rings. The molecular weight excluding hydrogens is 267 g/mol. The van der Waals surface area contributed by atoms with E-state index in [-0.39, 0.29) is 11.4 Å². The molecule has 0 saturated heterocycles. The number of aromatic nitrogens is 1. The van der Waals surface area contributed by atoms with Crippen molar-refractivity contribution in [2.75, 3.05) is 11.9 Å². The molecule has 1 saturated carbocycles. The van der Waals surface area contributed by atoms with Crippen LogP contribution in [0.15, 0.2) is 12.1 Å². The molecule has 6 heteroatoms. The minimum absolute atomic E-state index is 0.0351. The molecule has 0 radical (unpaired) electrons. The topological polar surface area (TPSA) is 48.7 Å². The van der Waals surface area contributed by atoms with Gasteiger partial charge < -0.3 is 5.32 Å². The van der Waals surface area contributed by atoms with Gasteiger partial charge in [-0.25, -0.2) is 4.98 Å². The highest BCUT2D eigenvalue weighted by molar-refractivity contribution is 5.52. The molecule has 0 aromatic carbocycles. The highest BCUT2D eigenvalue weighted by Gasteiger charge is 2.33. The van der Waals surface area contributed by atoms with Crippen molar-refractivity contribution in [3.63, 3.8) is 0 Å². The highest BCUT2D eigenvalue weighted by Crippen LogP contribution is 2.30. The van der Waals surface area contributed by atoms with Crippen molar-refractivity contribution < 1.29 is 13.2 Å². The molecular formula is C14H16F3N3. The predicted molar refractivity (Wildman–Crippen MR) is 69.0 cm³/mol. The highest BCUT2D eigenvalue weighted by atomic mass is 19.4. The van der Waals surface area contributed by atoms with E-state index in [4.69, 9.17) is 5.26 Å². The van der Waals surface area contributed by atoms with Crippen LogP contribution in [-0.4, -0.2) is 11.5 Å². The first kappa shape index (κ1) is 14.6. The predicted octanol–water partition coefficient (Wildman–Crippen LogP) is 3.96. The number of hydrogen-bond acceptors (Lipinski definition) is 3. The Balaban J connectivity index is 2.10. The normalized spacial score (nSPS) is 16.7. The fraction of sp³-hybridized carbons (Fsp3) is 0.571. The lowest BCUT2D eigenvalue weighted by Gasteiger charge is -2.22. The van der Waals surface area contributed by atoms with Crippen LogP contribution in [0.4, 0.5) is 19.0 Å². The summed E-state index contributed by atoms with van der Waals surface area (Å²) >= 11 is 0. The first-order valence-corrected chi connectivity index (χ1v) is 6.73. The number of nitrogens with one attached hydrogen (secondary N) is 1. The Labute approximate surface area is 115 Å². The SMILES string of the molecule is N#Cc1ccc(C(F)(F)F)nc1NCC1CCCCC1. The van der Waals surface area contributed by atoms with Crippen molar-refractivity contribution in [1.29, 1.82) is 5.26 Å². The lowest BCUT2D eigenvalue weighted by Crippen LogP contribution is -2.19. The molecule has 1 fully saturated rings. The van der Waals surface area contributed by atoms with Crippen molar-refractivity contribution >= 4 is 5.82 Å². The smallest absolute Gasteiger partial charge is 0.369 e. The summed E-state index contributed by atoms with van der Waals surface area (Å²) in [6, 6.07) is 3.87. The van der Waals surface area contributed by atoms with Crippen LogP contribution in [-0.2, 0) is 6.18 Å². The minimum atomic E-state index is -4.49. The summed E-state index contributed by atoms with van der Waals surface area (Å²) in [5, 5.41) is 11.9. The van der Waals surface area contributed by atoms with Crippen molar-refractivity contribution in [2.24, 2.45) is 5.92 Å². The van der Waals surface area contributed by atoms with Gasteiger partial charge >= 0.3 is 6.18 Å². The molecule has 1 aromatic heterocycles. The molecule has 1 heterocycles. The lowest BCUT2D eigenvalue weighted by atomic mass is 9.89. The van der Waals surface area contributed by atoms with E-state index in [2.05, 4.69) is 10.3 Å². The third-order valence-electron chi connectivity index (χ3n) is 3.59. The molecule has 1 aromatic rings. The quantitative estimate of drug-likeness (QED) is 0.913. The van der Waals surface area contributed by atoms with E-state index in [1.807, 2.05) is 6.07 Å². The number of nitriles is 1. The molecule has 0 bridgehead atoms. The molecule has 2 rings (SSSR count). The summed E-state index contributed by atoms with van der Waals surface area (Å²) < 4.78 is 37.9. The second-order valence-electron chi connectivity index (χ2n) is 5.09. The van der Waals surface area contributed by atoms with Crippen molar-refractivity contribution in [1.82, 2.24) is 4.98 Å². The standard InChI is InChI=1S/C14H16F3N3/c15-14(16,17)12-7-6-11(8-18)13(20-12)19-9-10-4-2-1-3-5-10/h6-7,10H,1-5,9H2,(H,19,20).